The van der Waals surface area contributed by atoms with Crippen molar-refractivity contribution in [3.63, 3.8) is 0 Å². The van der Waals surface area contributed by atoms with Crippen LogP contribution >= 0.6 is 0 Å². The van der Waals surface area contributed by atoms with Crippen molar-refractivity contribution in [1.29, 1.82) is 5.26 Å². The lowest BCUT2D eigenvalue weighted by Crippen LogP contribution is -2.27. The van der Waals surface area contributed by atoms with Gasteiger partial charge in [-0.1, -0.05) is 188 Å². The van der Waals surface area contributed by atoms with E-state index in [1.807, 2.05) is 0 Å². The van der Waals surface area contributed by atoms with Gasteiger partial charge in [-0.05, 0) is 77.4 Å². The Balaban J connectivity index is 4.32. The number of hydrogen-bond donors (Lipinski definition) is 0. The van der Waals surface area contributed by atoms with Gasteiger partial charge in [0.2, 0.25) is 0 Å². The van der Waals surface area contributed by atoms with Gasteiger partial charge in [-0.2, -0.15) is 5.26 Å². The van der Waals surface area contributed by atoms with Gasteiger partial charge in [0, 0.05) is 6.42 Å². The van der Waals surface area contributed by atoms with E-state index in [0.717, 1.165) is 116 Å². The fourth-order valence-electron chi connectivity index (χ4n) is 7.79. The Morgan fingerprint density at radius 2 is 0.709 bits per heavy atom. The molecule has 0 amide bonds. The first-order valence-corrected chi connectivity index (χ1v) is 24.5. The summed E-state index contributed by atoms with van der Waals surface area (Å²) in [4.78, 5) is 28.5. The molecule has 0 aliphatic heterocycles. The SMILES string of the molecule is CCCCCCCCC(CCCCCC)C(=O)OCCCCCCCN(CCCC#N)CCCCCCOC(=O)C(CCCCCC)CCCCCCCC. The molecule has 324 valence electrons. The van der Waals surface area contributed by atoms with E-state index in [9.17, 15) is 9.59 Å². The minimum absolute atomic E-state index is 0.0512. The molecule has 2 unspecified atom stereocenters. The van der Waals surface area contributed by atoms with E-state index in [2.05, 4.69) is 38.7 Å². The monoisotopic (exact) mass is 775 g/mol. The fraction of sp³-hybridized carbons (Fsp3) is 0.939. The number of rotatable bonds is 44. The third-order valence-electron chi connectivity index (χ3n) is 11.5. The number of ether oxygens (including phenoxy) is 2. The van der Waals surface area contributed by atoms with Crippen molar-refractivity contribution in [1.82, 2.24) is 4.90 Å². The van der Waals surface area contributed by atoms with Gasteiger partial charge in [0.1, 0.15) is 0 Å². The van der Waals surface area contributed by atoms with Gasteiger partial charge >= 0.3 is 11.9 Å². The number of nitrogens with zero attached hydrogens (tertiary/aromatic N) is 2. The highest BCUT2D eigenvalue weighted by molar-refractivity contribution is 5.72. The molecule has 0 aliphatic rings. The van der Waals surface area contributed by atoms with Crippen molar-refractivity contribution in [2.75, 3.05) is 32.8 Å². The van der Waals surface area contributed by atoms with E-state index < -0.39 is 0 Å². The zero-order valence-electron chi connectivity index (χ0n) is 37.5. The summed E-state index contributed by atoms with van der Waals surface area (Å²) >= 11 is 0. The molecule has 0 bridgehead atoms. The first-order chi connectivity index (χ1) is 27.0. The van der Waals surface area contributed by atoms with E-state index in [1.165, 1.54) is 122 Å². The Kier molecular flexibility index (Phi) is 42.2. The Hall–Kier alpha value is -1.61. The van der Waals surface area contributed by atoms with Gasteiger partial charge in [0.25, 0.3) is 0 Å². The van der Waals surface area contributed by atoms with Gasteiger partial charge in [-0.3, -0.25) is 9.59 Å². The molecule has 0 N–H and O–H groups in total. The van der Waals surface area contributed by atoms with E-state index >= 15 is 0 Å². The van der Waals surface area contributed by atoms with Crippen molar-refractivity contribution in [3.8, 4) is 6.07 Å². The van der Waals surface area contributed by atoms with Gasteiger partial charge < -0.3 is 14.4 Å². The summed E-state index contributed by atoms with van der Waals surface area (Å²) in [5.74, 6) is 0.287. The standard InChI is InChI=1S/C49H94N2O4/c1-5-9-13-17-20-28-38-46(36-26-15-11-7-3)48(52)54-44-34-24-19-22-31-41-51(43-33-30-40-50)42-32-23-25-35-45-55-49(53)47(37-27-16-12-8-4)39-29-21-18-14-10-6-2/h46-47H,5-39,41-45H2,1-4H3. The topological polar surface area (TPSA) is 79.6 Å². The first-order valence-electron chi connectivity index (χ1n) is 24.5. The Labute approximate surface area is 343 Å². The first kappa shape index (κ1) is 53.4. The average Bonchev–Trinajstić information content (AvgIpc) is 3.19. The van der Waals surface area contributed by atoms with Crippen LogP contribution in [0, 0.1) is 23.2 Å². The zero-order chi connectivity index (χ0) is 40.3. The summed E-state index contributed by atoms with van der Waals surface area (Å²) in [6.45, 7) is 13.3. The van der Waals surface area contributed by atoms with Gasteiger partial charge in [0.05, 0.1) is 31.1 Å². The lowest BCUT2D eigenvalue weighted by atomic mass is 9.94. The summed E-state index contributed by atoms with van der Waals surface area (Å²) in [6.07, 6.45) is 40.5. The Morgan fingerprint density at radius 1 is 0.418 bits per heavy atom. The summed E-state index contributed by atoms with van der Waals surface area (Å²) in [5.41, 5.74) is 0. The minimum Gasteiger partial charge on any atom is -0.465 e. The molecule has 0 aliphatic carbocycles. The number of carbonyl (C=O) groups excluding carboxylic acids is 2. The van der Waals surface area contributed by atoms with Crippen LogP contribution in [0.2, 0.25) is 0 Å². The van der Waals surface area contributed by atoms with Crippen LogP contribution in [0.25, 0.3) is 0 Å². The molecule has 0 aromatic rings. The maximum absolute atomic E-state index is 13.0. The predicted molar refractivity (Wildman–Crippen MR) is 235 cm³/mol. The van der Waals surface area contributed by atoms with Crippen molar-refractivity contribution >= 4 is 11.9 Å². The molecular formula is C49H94N2O4. The lowest BCUT2D eigenvalue weighted by Gasteiger charge is -2.22. The maximum atomic E-state index is 13.0. The normalized spacial score (nSPS) is 12.5. The van der Waals surface area contributed by atoms with E-state index in [-0.39, 0.29) is 23.8 Å². The fourth-order valence-corrected chi connectivity index (χ4v) is 7.79. The smallest absolute Gasteiger partial charge is 0.308 e. The number of esters is 2. The van der Waals surface area contributed by atoms with Crippen LogP contribution < -0.4 is 0 Å². The molecule has 0 spiro atoms. The number of carbonyl (C=O) groups is 2. The molecule has 0 aromatic heterocycles. The molecule has 6 nitrogen and oxygen atoms in total. The molecule has 0 radical (unpaired) electrons. The second-order valence-corrected chi connectivity index (χ2v) is 16.8. The van der Waals surface area contributed by atoms with Crippen LogP contribution in [-0.4, -0.2) is 49.7 Å². The molecule has 0 rings (SSSR count). The van der Waals surface area contributed by atoms with E-state index in [4.69, 9.17) is 14.7 Å². The highest BCUT2D eigenvalue weighted by Gasteiger charge is 2.20. The van der Waals surface area contributed by atoms with Crippen LogP contribution in [0.5, 0.6) is 0 Å². The summed E-state index contributed by atoms with van der Waals surface area (Å²) < 4.78 is 11.6. The average molecular weight is 775 g/mol. The third-order valence-corrected chi connectivity index (χ3v) is 11.5. The predicted octanol–water partition coefficient (Wildman–Crippen LogP) is 14.9. The summed E-state index contributed by atoms with van der Waals surface area (Å²) in [6, 6.07) is 2.31. The summed E-state index contributed by atoms with van der Waals surface area (Å²) in [7, 11) is 0. The second-order valence-electron chi connectivity index (χ2n) is 16.8. The highest BCUT2D eigenvalue weighted by Crippen LogP contribution is 2.22. The van der Waals surface area contributed by atoms with E-state index in [0.29, 0.717) is 19.6 Å². The third kappa shape index (κ3) is 36.5. The van der Waals surface area contributed by atoms with Crippen LogP contribution in [-0.2, 0) is 19.1 Å². The van der Waals surface area contributed by atoms with Crippen LogP contribution in [0.15, 0.2) is 0 Å². The second kappa shape index (κ2) is 43.5. The molecule has 6 heteroatoms. The molecular weight excluding hydrogens is 681 g/mol. The Morgan fingerprint density at radius 3 is 1.07 bits per heavy atom. The largest absolute Gasteiger partial charge is 0.465 e. The van der Waals surface area contributed by atoms with Crippen molar-refractivity contribution < 1.29 is 19.1 Å². The van der Waals surface area contributed by atoms with Crippen molar-refractivity contribution in [2.24, 2.45) is 11.8 Å². The maximum Gasteiger partial charge on any atom is 0.308 e. The Bertz CT molecular complexity index is 858. The lowest BCUT2D eigenvalue weighted by molar-refractivity contribution is -0.150. The molecule has 0 saturated heterocycles. The molecule has 0 fully saturated rings. The van der Waals surface area contributed by atoms with Gasteiger partial charge in [0.15, 0.2) is 0 Å². The van der Waals surface area contributed by atoms with E-state index in [1.54, 1.807) is 0 Å². The summed E-state index contributed by atoms with van der Waals surface area (Å²) in [5, 5.41) is 9.07. The molecule has 0 aromatic carbocycles. The molecule has 0 heterocycles. The van der Waals surface area contributed by atoms with Crippen molar-refractivity contribution in [2.45, 2.75) is 252 Å². The van der Waals surface area contributed by atoms with Gasteiger partial charge in [-0.25, -0.2) is 0 Å². The quantitative estimate of drug-likeness (QED) is 0.0453. The van der Waals surface area contributed by atoms with Crippen LogP contribution in [0.3, 0.4) is 0 Å². The number of hydrogen-bond acceptors (Lipinski definition) is 6. The molecule has 55 heavy (non-hydrogen) atoms. The van der Waals surface area contributed by atoms with Crippen molar-refractivity contribution in [3.05, 3.63) is 0 Å². The van der Waals surface area contributed by atoms with Gasteiger partial charge in [-0.15, -0.1) is 0 Å². The molecule has 2 atom stereocenters. The van der Waals surface area contributed by atoms with Crippen LogP contribution in [0.4, 0.5) is 0 Å². The molecule has 0 saturated carbocycles. The minimum atomic E-state index is 0.0512. The van der Waals surface area contributed by atoms with Crippen LogP contribution in [0.1, 0.15) is 252 Å². The zero-order valence-corrected chi connectivity index (χ0v) is 37.5. The highest BCUT2D eigenvalue weighted by atomic mass is 16.5. The number of nitriles is 1. The number of unbranched alkanes of at least 4 members (excludes halogenated alkanes) is 24.